The number of amides is 2. The molecule has 1 atom stereocenters. The lowest BCUT2D eigenvalue weighted by molar-refractivity contribution is -0.122. The van der Waals surface area contributed by atoms with Gasteiger partial charge in [-0.1, -0.05) is 6.07 Å². The first-order valence-electron chi connectivity index (χ1n) is 7.71. The molecule has 0 fully saturated rings. The standard InChI is InChI=1S/C17H17N3O5S/c1-9-3-4-11(7-15(9)26(18,23)24)17(22)19-12-5-6-14-13(8-12)20-16(21)10(2)25-14/h3-8,10H,1-2H3,(H,19,22)(H,20,21)(H2,18,23,24)/t10-/m0/s1. The van der Waals surface area contributed by atoms with Gasteiger partial charge in [0.05, 0.1) is 10.6 Å². The lowest BCUT2D eigenvalue weighted by Gasteiger charge is -2.23. The maximum Gasteiger partial charge on any atom is 0.265 e. The van der Waals surface area contributed by atoms with Gasteiger partial charge < -0.3 is 15.4 Å². The molecule has 0 saturated heterocycles. The van der Waals surface area contributed by atoms with Crippen molar-refractivity contribution < 1.29 is 22.7 Å². The molecule has 26 heavy (non-hydrogen) atoms. The maximum atomic E-state index is 12.4. The minimum Gasteiger partial charge on any atom is -0.479 e. The molecule has 0 aliphatic carbocycles. The van der Waals surface area contributed by atoms with Gasteiger partial charge in [-0.2, -0.15) is 0 Å². The predicted molar refractivity (Wildman–Crippen MR) is 95.7 cm³/mol. The topological polar surface area (TPSA) is 128 Å². The molecular formula is C17H17N3O5S. The molecular weight excluding hydrogens is 358 g/mol. The molecule has 0 radical (unpaired) electrons. The van der Waals surface area contributed by atoms with Crippen molar-refractivity contribution in [3.05, 3.63) is 47.5 Å². The summed E-state index contributed by atoms with van der Waals surface area (Å²) >= 11 is 0. The third kappa shape index (κ3) is 3.53. The fourth-order valence-corrected chi connectivity index (χ4v) is 3.35. The summed E-state index contributed by atoms with van der Waals surface area (Å²) in [7, 11) is -3.93. The number of nitrogens with one attached hydrogen (secondary N) is 2. The van der Waals surface area contributed by atoms with Crippen LogP contribution in [0, 0.1) is 6.92 Å². The first-order chi connectivity index (χ1) is 12.1. The summed E-state index contributed by atoms with van der Waals surface area (Å²) in [5.74, 6) is -0.287. The molecule has 1 aliphatic rings. The van der Waals surface area contributed by atoms with E-state index in [0.29, 0.717) is 22.7 Å². The maximum absolute atomic E-state index is 12.4. The van der Waals surface area contributed by atoms with Crippen LogP contribution in [0.15, 0.2) is 41.3 Å². The van der Waals surface area contributed by atoms with E-state index in [9.17, 15) is 18.0 Å². The number of sulfonamides is 1. The van der Waals surface area contributed by atoms with Gasteiger partial charge in [0.1, 0.15) is 5.75 Å². The van der Waals surface area contributed by atoms with Crippen molar-refractivity contribution >= 4 is 33.2 Å². The monoisotopic (exact) mass is 375 g/mol. The average molecular weight is 375 g/mol. The van der Waals surface area contributed by atoms with E-state index in [1.165, 1.54) is 18.2 Å². The second-order valence-electron chi connectivity index (χ2n) is 5.94. The highest BCUT2D eigenvalue weighted by molar-refractivity contribution is 7.89. The van der Waals surface area contributed by atoms with E-state index in [1.807, 2.05) is 0 Å². The fourth-order valence-electron chi connectivity index (χ4n) is 2.54. The fraction of sp³-hybridized carbons (Fsp3) is 0.176. The van der Waals surface area contributed by atoms with Crippen molar-refractivity contribution in [3.63, 3.8) is 0 Å². The molecule has 2 amide bonds. The number of aryl methyl sites for hydroxylation is 1. The van der Waals surface area contributed by atoms with Crippen molar-refractivity contribution in [2.75, 3.05) is 10.6 Å². The number of anilines is 2. The lowest BCUT2D eigenvalue weighted by atomic mass is 10.1. The summed E-state index contributed by atoms with van der Waals surface area (Å²) in [6.07, 6.45) is -0.591. The Morgan fingerprint density at radius 1 is 1.23 bits per heavy atom. The highest BCUT2D eigenvalue weighted by atomic mass is 32.2. The lowest BCUT2D eigenvalue weighted by Crippen LogP contribution is -2.34. The summed E-state index contributed by atoms with van der Waals surface area (Å²) in [6.45, 7) is 3.23. The second kappa shape index (κ2) is 6.43. The van der Waals surface area contributed by atoms with Gasteiger partial charge >= 0.3 is 0 Å². The summed E-state index contributed by atoms with van der Waals surface area (Å²) in [5, 5.41) is 10.5. The van der Waals surface area contributed by atoms with Gasteiger partial charge in [-0.15, -0.1) is 0 Å². The van der Waals surface area contributed by atoms with Crippen LogP contribution in [0.5, 0.6) is 5.75 Å². The quantitative estimate of drug-likeness (QED) is 0.751. The van der Waals surface area contributed by atoms with Crippen LogP contribution in [0.1, 0.15) is 22.8 Å². The van der Waals surface area contributed by atoms with E-state index in [-0.39, 0.29) is 16.4 Å². The van der Waals surface area contributed by atoms with Crippen LogP contribution in [0.25, 0.3) is 0 Å². The Morgan fingerprint density at radius 2 is 1.96 bits per heavy atom. The highest BCUT2D eigenvalue weighted by Crippen LogP contribution is 2.32. The summed E-state index contributed by atoms with van der Waals surface area (Å²) < 4.78 is 28.6. The normalized spacial score (nSPS) is 16.3. The number of hydrogen-bond acceptors (Lipinski definition) is 5. The average Bonchev–Trinajstić information content (AvgIpc) is 2.55. The van der Waals surface area contributed by atoms with Crippen LogP contribution >= 0.6 is 0 Å². The summed E-state index contributed by atoms with van der Waals surface area (Å²) in [6, 6.07) is 9.06. The van der Waals surface area contributed by atoms with Crippen molar-refractivity contribution in [2.24, 2.45) is 5.14 Å². The SMILES string of the molecule is Cc1ccc(C(=O)Nc2ccc3c(c2)NC(=O)[C@H](C)O3)cc1S(N)(=O)=O. The third-order valence-corrected chi connectivity index (χ3v) is 4.98. The van der Waals surface area contributed by atoms with E-state index < -0.39 is 22.0 Å². The van der Waals surface area contributed by atoms with Crippen molar-refractivity contribution in [1.29, 1.82) is 0 Å². The molecule has 2 aromatic carbocycles. The molecule has 3 rings (SSSR count). The molecule has 0 saturated carbocycles. The van der Waals surface area contributed by atoms with Gasteiger partial charge in [0.25, 0.3) is 11.8 Å². The number of hydrogen-bond donors (Lipinski definition) is 3. The minimum atomic E-state index is -3.93. The molecule has 4 N–H and O–H groups in total. The number of carbonyl (C=O) groups is 2. The zero-order valence-corrected chi connectivity index (χ0v) is 14.9. The molecule has 1 aliphatic heterocycles. The van der Waals surface area contributed by atoms with E-state index in [2.05, 4.69) is 10.6 Å². The first-order valence-corrected chi connectivity index (χ1v) is 9.26. The van der Waals surface area contributed by atoms with Crippen LogP contribution in [-0.4, -0.2) is 26.3 Å². The van der Waals surface area contributed by atoms with Crippen molar-refractivity contribution in [2.45, 2.75) is 24.8 Å². The number of carbonyl (C=O) groups excluding carboxylic acids is 2. The van der Waals surface area contributed by atoms with E-state index >= 15 is 0 Å². The predicted octanol–water partition coefficient (Wildman–Crippen LogP) is 1.61. The van der Waals surface area contributed by atoms with E-state index in [0.717, 1.165) is 0 Å². The Morgan fingerprint density at radius 3 is 2.65 bits per heavy atom. The number of nitrogens with two attached hydrogens (primary N) is 1. The van der Waals surface area contributed by atoms with Gasteiger partial charge in [-0.3, -0.25) is 9.59 Å². The Kier molecular flexibility index (Phi) is 4.43. The second-order valence-corrected chi connectivity index (χ2v) is 7.47. The molecule has 0 spiro atoms. The smallest absolute Gasteiger partial charge is 0.265 e. The Hall–Kier alpha value is -2.91. The largest absolute Gasteiger partial charge is 0.479 e. The van der Waals surface area contributed by atoms with Crippen LogP contribution in [0.4, 0.5) is 11.4 Å². The molecule has 0 unspecified atom stereocenters. The van der Waals surface area contributed by atoms with E-state index in [1.54, 1.807) is 32.0 Å². The van der Waals surface area contributed by atoms with E-state index in [4.69, 9.17) is 9.88 Å². The molecule has 8 nitrogen and oxygen atoms in total. The Balaban J connectivity index is 1.85. The molecule has 9 heteroatoms. The van der Waals surface area contributed by atoms with Crippen LogP contribution in [0.2, 0.25) is 0 Å². The number of primary sulfonamides is 1. The number of ether oxygens (including phenoxy) is 1. The van der Waals surface area contributed by atoms with Crippen LogP contribution < -0.4 is 20.5 Å². The van der Waals surface area contributed by atoms with Gasteiger partial charge in [0, 0.05) is 11.3 Å². The van der Waals surface area contributed by atoms with Gasteiger partial charge in [0.15, 0.2) is 6.10 Å². The molecule has 1 heterocycles. The molecule has 0 bridgehead atoms. The number of fused-ring (bicyclic) bond motifs is 1. The zero-order chi connectivity index (χ0) is 19.1. The Bertz CT molecular complexity index is 1020. The summed E-state index contributed by atoms with van der Waals surface area (Å²) in [5.41, 5.74) is 1.46. The molecule has 2 aromatic rings. The minimum absolute atomic E-state index is 0.106. The number of rotatable bonds is 3. The first kappa shape index (κ1) is 17.9. The summed E-state index contributed by atoms with van der Waals surface area (Å²) in [4.78, 5) is 24.0. The highest BCUT2D eigenvalue weighted by Gasteiger charge is 2.24. The van der Waals surface area contributed by atoms with Crippen LogP contribution in [-0.2, 0) is 14.8 Å². The van der Waals surface area contributed by atoms with Gasteiger partial charge in [-0.05, 0) is 49.7 Å². The third-order valence-electron chi connectivity index (χ3n) is 3.93. The van der Waals surface area contributed by atoms with Gasteiger partial charge in [0.2, 0.25) is 10.0 Å². The van der Waals surface area contributed by atoms with Crippen LogP contribution in [0.3, 0.4) is 0 Å². The molecule has 136 valence electrons. The zero-order valence-electron chi connectivity index (χ0n) is 14.1. The van der Waals surface area contributed by atoms with Gasteiger partial charge in [-0.25, -0.2) is 13.6 Å². The number of benzene rings is 2. The van der Waals surface area contributed by atoms with Crippen molar-refractivity contribution in [1.82, 2.24) is 0 Å². The van der Waals surface area contributed by atoms with Crippen molar-refractivity contribution in [3.8, 4) is 5.75 Å². The molecule has 0 aromatic heterocycles. The Labute approximate surface area is 150 Å².